The highest BCUT2D eigenvalue weighted by molar-refractivity contribution is 7.99. The molecule has 0 amide bonds. The van der Waals surface area contributed by atoms with Gasteiger partial charge in [0.15, 0.2) is 5.16 Å². The highest BCUT2D eigenvalue weighted by atomic mass is 32.2. The van der Waals surface area contributed by atoms with Crippen LogP contribution in [0.4, 0.5) is 0 Å². The molecule has 0 atom stereocenters. The van der Waals surface area contributed by atoms with Crippen LogP contribution in [0.25, 0.3) is 0 Å². The van der Waals surface area contributed by atoms with Crippen molar-refractivity contribution in [3.05, 3.63) is 46.4 Å². The van der Waals surface area contributed by atoms with Crippen molar-refractivity contribution in [2.45, 2.75) is 18.6 Å². The standard InChI is InChI=1S/C12H12N4O3S/c1-8-4-14-9(5-13-8)6-16-3-2-10(17)15-12(16)20-7-11(18)19/h2-5H,6-7H2,1H3,(H,18,19). The monoisotopic (exact) mass is 292 g/mol. The van der Waals surface area contributed by atoms with Crippen LogP contribution in [0.1, 0.15) is 11.4 Å². The summed E-state index contributed by atoms with van der Waals surface area (Å²) < 4.78 is 1.67. The van der Waals surface area contributed by atoms with E-state index in [1.807, 2.05) is 6.92 Å². The van der Waals surface area contributed by atoms with Gasteiger partial charge in [-0.1, -0.05) is 11.8 Å². The molecule has 8 heteroatoms. The third kappa shape index (κ3) is 3.89. The lowest BCUT2D eigenvalue weighted by atomic mass is 10.4. The quantitative estimate of drug-likeness (QED) is 0.635. The van der Waals surface area contributed by atoms with E-state index in [2.05, 4.69) is 15.0 Å². The number of aliphatic carboxylic acids is 1. The molecule has 0 aliphatic heterocycles. The molecular formula is C12H12N4O3S. The van der Waals surface area contributed by atoms with Crippen molar-refractivity contribution in [2.75, 3.05) is 5.75 Å². The number of carbonyl (C=O) groups is 1. The van der Waals surface area contributed by atoms with Gasteiger partial charge in [0.05, 0.1) is 29.9 Å². The Hall–Kier alpha value is -2.22. The van der Waals surface area contributed by atoms with Crippen molar-refractivity contribution in [3.63, 3.8) is 0 Å². The van der Waals surface area contributed by atoms with Crippen molar-refractivity contribution in [2.24, 2.45) is 0 Å². The number of nitrogens with zero attached hydrogens (tertiary/aromatic N) is 4. The van der Waals surface area contributed by atoms with Crippen LogP contribution in [0.2, 0.25) is 0 Å². The summed E-state index contributed by atoms with van der Waals surface area (Å²) in [7, 11) is 0. The fraction of sp³-hybridized carbons (Fsp3) is 0.250. The van der Waals surface area contributed by atoms with Crippen LogP contribution in [0.5, 0.6) is 0 Å². The van der Waals surface area contributed by atoms with Gasteiger partial charge in [0, 0.05) is 18.5 Å². The van der Waals surface area contributed by atoms with E-state index in [9.17, 15) is 9.59 Å². The maximum atomic E-state index is 11.3. The minimum Gasteiger partial charge on any atom is -0.481 e. The molecule has 0 aromatic carbocycles. The molecule has 2 rings (SSSR count). The minimum atomic E-state index is -0.963. The SMILES string of the molecule is Cc1cnc(Cn2ccc(=O)nc2SCC(=O)O)cn1. The second-order valence-electron chi connectivity index (χ2n) is 4.01. The molecule has 104 valence electrons. The highest BCUT2D eigenvalue weighted by Gasteiger charge is 2.08. The summed E-state index contributed by atoms with van der Waals surface area (Å²) >= 11 is 0.996. The van der Waals surface area contributed by atoms with Gasteiger partial charge in [0.25, 0.3) is 5.56 Å². The number of rotatable bonds is 5. The van der Waals surface area contributed by atoms with E-state index in [-0.39, 0.29) is 5.75 Å². The van der Waals surface area contributed by atoms with Crippen molar-refractivity contribution in [1.82, 2.24) is 19.5 Å². The van der Waals surface area contributed by atoms with Gasteiger partial charge >= 0.3 is 5.97 Å². The molecule has 0 aliphatic rings. The molecule has 0 fully saturated rings. The average molecular weight is 292 g/mol. The molecule has 0 unspecified atom stereocenters. The first-order valence-corrected chi connectivity index (χ1v) is 6.73. The van der Waals surface area contributed by atoms with E-state index < -0.39 is 11.5 Å². The molecule has 0 saturated heterocycles. The van der Waals surface area contributed by atoms with Gasteiger partial charge in [0.2, 0.25) is 0 Å². The van der Waals surface area contributed by atoms with Gasteiger partial charge in [-0.15, -0.1) is 0 Å². The summed E-state index contributed by atoms with van der Waals surface area (Å²) in [5, 5.41) is 9.05. The molecule has 2 aromatic rings. The van der Waals surface area contributed by atoms with Gasteiger partial charge in [-0.2, -0.15) is 4.98 Å². The number of carboxylic acid groups (broad SMARTS) is 1. The highest BCUT2D eigenvalue weighted by Crippen LogP contribution is 2.14. The van der Waals surface area contributed by atoms with Crippen molar-refractivity contribution < 1.29 is 9.90 Å². The molecule has 0 bridgehead atoms. The Morgan fingerprint density at radius 1 is 1.40 bits per heavy atom. The third-order valence-corrected chi connectivity index (χ3v) is 3.32. The molecule has 7 nitrogen and oxygen atoms in total. The maximum absolute atomic E-state index is 11.3. The smallest absolute Gasteiger partial charge is 0.313 e. The van der Waals surface area contributed by atoms with Gasteiger partial charge in [-0.3, -0.25) is 19.6 Å². The Balaban J connectivity index is 2.23. The Morgan fingerprint density at radius 3 is 2.85 bits per heavy atom. The van der Waals surface area contributed by atoms with Crippen LogP contribution >= 0.6 is 11.8 Å². The lowest BCUT2D eigenvalue weighted by molar-refractivity contribution is -0.133. The molecule has 0 aliphatic carbocycles. The minimum absolute atomic E-state index is 0.157. The average Bonchev–Trinajstić information content (AvgIpc) is 2.41. The van der Waals surface area contributed by atoms with Crippen molar-refractivity contribution >= 4 is 17.7 Å². The maximum Gasteiger partial charge on any atom is 0.313 e. The fourth-order valence-electron chi connectivity index (χ4n) is 1.45. The second kappa shape index (κ2) is 6.29. The van der Waals surface area contributed by atoms with Crippen LogP contribution in [-0.2, 0) is 11.3 Å². The summed E-state index contributed by atoms with van der Waals surface area (Å²) in [6.07, 6.45) is 4.86. The van der Waals surface area contributed by atoms with Gasteiger partial charge < -0.3 is 9.67 Å². The molecule has 2 aromatic heterocycles. The van der Waals surface area contributed by atoms with Crippen LogP contribution in [0.3, 0.4) is 0 Å². The first kappa shape index (κ1) is 14.2. The number of aromatic nitrogens is 4. The number of hydrogen-bond acceptors (Lipinski definition) is 6. The molecule has 0 spiro atoms. The predicted molar refractivity (Wildman–Crippen MR) is 72.7 cm³/mol. The number of carboxylic acids is 1. The van der Waals surface area contributed by atoms with Crippen LogP contribution in [-0.4, -0.2) is 36.3 Å². The van der Waals surface area contributed by atoms with E-state index in [0.29, 0.717) is 17.4 Å². The summed E-state index contributed by atoms with van der Waals surface area (Å²) in [4.78, 5) is 34.1. The Kier molecular flexibility index (Phi) is 4.46. The van der Waals surface area contributed by atoms with Gasteiger partial charge in [-0.05, 0) is 6.92 Å². The largest absolute Gasteiger partial charge is 0.481 e. The summed E-state index contributed by atoms with van der Waals surface area (Å²) in [5.41, 5.74) is 1.12. The van der Waals surface area contributed by atoms with Crippen LogP contribution in [0, 0.1) is 6.92 Å². The topological polar surface area (TPSA) is 98.0 Å². The number of aryl methyl sites for hydroxylation is 1. The van der Waals surface area contributed by atoms with Gasteiger partial charge in [0.1, 0.15) is 0 Å². The van der Waals surface area contributed by atoms with Crippen LogP contribution < -0.4 is 5.56 Å². The van der Waals surface area contributed by atoms with Crippen molar-refractivity contribution in [1.29, 1.82) is 0 Å². The molecule has 0 radical (unpaired) electrons. The Morgan fingerprint density at radius 2 is 2.20 bits per heavy atom. The normalized spacial score (nSPS) is 10.4. The predicted octanol–water partition coefficient (Wildman–Crippen LogP) is 0.567. The number of thioether (sulfide) groups is 1. The molecule has 0 saturated carbocycles. The van der Waals surface area contributed by atoms with E-state index in [0.717, 1.165) is 17.5 Å². The van der Waals surface area contributed by atoms with Gasteiger partial charge in [-0.25, -0.2) is 0 Å². The first-order chi connectivity index (χ1) is 9.54. The summed E-state index contributed by atoms with van der Waals surface area (Å²) in [6.45, 7) is 2.22. The first-order valence-electron chi connectivity index (χ1n) is 5.74. The zero-order valence-corrected chi connectivity index (χ0v) is 11.5. The zero-order valence-electron chi connectivity index (χ0n) is 10.7. The Labute approximate surface area is 118 Å². The fourth-order valence-corrected chi connectivity index (χ4v) is 2.15. The molecule has 1 N–H and O–H groups in total. The summed E-state index contributed by atoms with van der Waals surface area (Å²) in [5.74, 6) is -1.12. The molecular weight excluding hydrogens is 280 g/mol. The van der Waals surface area contributed by atoms with Crippen LogP contribution in [0.15, 0.2) is 34.6 Å². The number of hydrogen-bond donors (Lipinski definition) is 1. The lowest BCUT2D eigenvalue weighted by Gasteiger charge is -2.10. The molecule has 20 heavy (non-hydrogen) atoms. The van der Waals surface area contributed by atoms with E-state index in [1.54, 1.807) is 23.2 Å². The summed E-state index contributed by atoms with van der Waals surface area (Å²) in [6, 6.07) is 1.33. The molecule has 2 heterocycles. The van der Waals surface area contributed by atoms with E-state index in [4.69, 9.17) is 5.11 Å². The van der Waals surface area contributed by atoms with E-state index in [1.165, 1.54) is 6.07 Å². The Bertz CT molecular complexity index is 669. The third-order valence-electron chi connectivity index (χ3n) is 2.34. The lowest BCUT2D eigenvalue weighted by Crippen LogP contribution is -2.15. The zero-order chi connectivity index (χ0) is 14.5. The van der Waals surface area contributed by atoms with E-state index >= 15 is 0 Å². The van der Waals surface area contributed by atoms with Crippen molar-refractivity contribution in [3.8, 4) is 0 Å². The second-order valence-corrected chi connectivity index (χ2v) is 4.95.